The van der Waals surface area contributed by atoms with Crippen molar-refractivity contribution in [1.82, 2.24) is 21.3 Å². The average molecular weight is 797 g/mol. The van der Waals surface area contributed by atoms with Crippen LogP contribution in [0.5, 0.6) is 23.0 Å². The summed E-state index contributed by atoms with van der Waals surface area (Å²) in [6.45, 7) is 1.12. The number of amides is 4. The Morgan fingerprint density at radius 1 is 0.596 bits per heavy atom. The van der Waals surface area contributed by atoms with Gasteiger partial charge in [-0.1, -0.05) is 37.8 Å². The maximum absolute atomic E-state index is 13.9. The van der Waals surface area contributed by atoms with Crippen LogP contribution >= 0.6 is 0 Å². The fraction of sp³-hybridized carbons (Fsp3) is 0.600. The van der Waals surface area contributed by atoms with Crippen molar-refractivity contribution in [2.24, 2.45) is 22.3 Å². The van der Waals surface area contributed by atoms with Crippen LogP contribution in [-0.4, -0.2) is 85.3 Å². The second-order valence-electron chi connectivity index (χ2n) is 14.6. The molecule has 0 saturated heterocycles. The number of carbonyl (C=O) groups is 4. The molecular weight excluding hydrogens is 735 g/mol. The van der Waals surface area contributed by atoms with Crippen molar-refractivity contribution >= 4 is 31.3 Å². The number of carbonyl (C=O) groups excluding carboxylic acids is 4. The molecule has 17 heteroatoms. The van der Waals surface area contributed by atoms with Gasteiger partial charge in [0.1, 0.15) is 23.3 Å². The standard InChI is InChI=1S/C40H61BN6O10/c1-52-29-15-13-27(23-31(29)54-3)25-44-35(48)39(17-5-6-18-39)37(50)46-33(11-9-21-42)56-41-57-34(12-10-22-43)47-38(51)40(19-7-8-20-40)36(49)45-26-28-14-16-30(53-2)32(24-28)55-4/h13-16,23-24,33-34,41H,5-12,17-22,25-26,42-43H2,1-4H3,(H,44,48)(H,45,49)(H,46,50)(H,47,51). The first-order valence-electron chi connectivity index (χ1n) is 19.8. The molecule has 2 fully saturated rings. The van der Waals surface area contributed by atoms with E-state index in [0.717, 1.165) is 36.8 Å². The van der Waals surface area contributed by atoms with Crippen LogP contribution in [0.2, 0.25) is 0 Å². The first-order valence-corrected chi connectivity index (χ1v) is 19.8. The van der Waals surface area contributed by atoms with Crippen LogP contribution < -0.4 is 51.7 Å². The van der Waals surface area contributed by atoms with Gasteiger partial charge in [-0.05, 0) is 99.8 Å². The lowest BCUT2D eigenvalue weighted by molar-refractivity contribution is -0.146. The highest BCUT2D eigenvalue weighted by atomic mass is 16.6. The SMILES string of the molecule is COc1ccc(CNC(=O)C2(C(=O)NC(CCCN)OBOC(CCCN)NC(=O)C3(C(=O)NCc4ccc(OC)c(OC)c4)CCCC3)CCCC2)cc1OC. The summed E-state index contributed by atoms with van der Waals surface area (Å²) in [7, 11) is 5.90. The highest BCUT2D eigenvalue weighted by Gasteiger charge is 2.49. The minimum Gasteiger partial charge on any atom is -0.493 e. The molecule has 4 amide bonds. The summed E-state index contributed by atoms with van der Waals surface area (Å²) in [5, 5.41) is 11.8. The maximum atomic E-state index is 13.9. The zero-order valence-electron chi connectivity index (χ0n) is 33.9. The monoisotopic (exact) mass is 796 g/mol. The lowest BCUT2D eigenvalue weighted by Gasteiger charge is -2.31. The van der Waals surface area contributed by atoms with E-state index >= 15 is 0 Å². The van der Waals surface area contributed by atoms with Gasteiger partial charge in [-0.25, -0.2) is 0 Å². The van der Waals surface area contributed by atoms with E-state index in [9.17, 15) is 19.2 Å². The van der Waals surface area contributed by atoms with E-state index in [-0.39, 0.29) is 32.6 Å². The van der Waals surface area contributed by atoms with Gasteiger partial charge in [-0.2, -0.15) is 0 Å². The molecule has 0 heterocycles. The Morgan fingerprint density at radius 3 is 1.30 bits per heavy atom. The van der Waals surface area contributed by atoms with E-state index in [1.54, 1.807) is 52.7 Å². The molecule has 2 atom stereocenters. The Kier molecular flexibility index (Phi) is 17.7. The van der Waals surface area contributed by atoms with E-state index in [1.807, 2.05) is 12.1 Å². The molecule has 0 aromatic heterocycles. The zero-order valence-corrected chi connectivity index (χ0v) is 33.9. The lowest BCUT2D eigenvalue weighted by Crippen LogP contribution is -2.54. The number of hydrogen-bond acceptors (Lipinski definition) is 12. The van der Waals surface area contributed by atoms with E-state index in [4.69, 9.17) is 39.7 Å². The Hall–Kier alpha value is -4.58. The molecule has 57 heavy (non-hydrogen) atoms. The van der Waals surface area contributed by atoms with E-state index in [2.05, 4.69) is 21.3 Å². The van der Waals surface area contributed by atoms with Crippen LogP contribution in [0.15, 0.2) is 36.4 Å². The number of ether oxygens (including phenoxy) is 4. The molecule has 8 N–H and O–H groups in total. The van der Waals surface area contributed by atoms with Gasteiger partial charge in [-0.3, -0.25) is 19.2 Å². The minimum atomic E-state index is -1.27. The molecule has 2 aromatic rings. The van der Waals surface area contributed by atoms with Gasteiger partial charge in [0, 0.05) is 13.1 Å². The molecule has 16 nitrogen and oxygen atoms in total. The van der Waals surface area contributed by atoms with Crippen LogP contribution in [0.25, 0.3) is 0 Å². The quantitative estimate of drug-likeness (QED) is 0.0512. The smallest absolute Gasteiger partial charge is 0.441 e. The Bertz CT molecular complexity index is 1520. The van der Waals surface area contributed by atoms with Gasteiger partial charge in [0.15, 0.2) is 23.0 Å². The first-order chi connectivity index (χ1) is 27.6. The lowest BCUT2D eigenvalue weighted by atomic mass is 9.83. The van der Waals surface area contributed by atoms with Gasteiger partial charge >= 0.3 is 7.69 Å². The van der Waals surface area contributed by atoms with Crippen molar-refractivity contribution in [3.05, 3.63) is 47.5 Å². The zero-order chi connectivity index (χ0) is 41.3. The van der Waals surface area contributed by atoms with Crippen molar-refractivity contribution < 1.29 is 47.4 Å². The molecule has 2 aromatic carbocycles. The third kappa shape index (κ3) is 11.7. The maximum Gasteiger partial charge on any atom is 0.441 e. The molecule has 2 unspecified atom stereocenters. The topological polar surface area (TPSA) is 224 Å². The predicted molar refractivity (Wildman–Crippen MR) is 214 cm³/mol. The highest BCUT2D eigenvalue weighted by molar-refractivity contribution is 6.18. The molecule has 4 rings (SSSR count). The van der Waals surface area contributed by atoms with Crippen LogP contribution in [0.3, 0.4) is 0 Å². The van der Waals surface area contributed by atoms with Crippen molar-refractivity contribution in [2.75, 3.05) is 41.5 Å². The summed E-state index contributed by atoms with van der Waals surface area (Å²) in [6, 6.07) is 10.7. The summed E-state index contributed by atoms with van der Waals surface area (Å²) < 4.78 is 33.5. The summed E-state index contributed by atoms with van der Waals surface area (Å²) in [5.41, 5.74) is 10.7. The molecule has 314 valence electrons. The molecular formula is C40H61BN6O10. The molecule has 2 saturated carbocycles. The van der Waals surface area contributed by atoms with Crippen molar-refractivity contribution in [1.29, 1.82) is 0 Å². The fourth-order valence-corrected chi connectivity index (χ4v) is 7.53. The number of rotatable bonds is 24. The third-order valence-corrected chi connectivity index (χ3v) is 10.9. The molecule has 0 radical (unpaired) electrons. The molecule has 0 aliphatic heterocycles. The highest BCUT2D eigenvalue weighted by Crippen LogP contribution is 2.40. The summed E-state index contributed by atoms with van der Waals surface area (Å²) >= 11 is 0. The largest absolute Gasteiger partial charge is 0.493 e. The summed E-state index contributed by atoms with van der Waals surface area (Å²) in [5.74, 6) is 0.640. The molecule has 2 aliphatic rings. The van der Waals surface area contributed by atoms with Crippen molar-refractivity contribution in [3.8, 4) is 23.0 Å². The second kappa shape index (κ2) is 22.4. The van der Waals surface area contributed by atoms with Crippen LogP contribution in [-0.2, 0) is 41.6 Å². The van der Waals surface area contributed by atoms with Crippen molar-refractivity contribution in [3.63, 3.8) is 0 Å². The summed E-state index contributed by atoms with van der Waals surface area (Å²) in [4.78, 5) is 55.3. The summed E-state index contributed by atoms with van der Waals surface area (Å²) in [6.07, 6.45) is 4.70. The number of benzene rings is 2. The minimum absolute atomic E-state index is 0.200. The van der Waals surface area contributed by atoms with E-state index in [1.165, 1.54) is 0 Å². The molecule has 2 aliphatic carbocycles. The number of nitrogens with two attached hydrogens (primary N) is 2. The van der Waals surface area contributed by atoms with Crippen LogP contribution in [0.4, 0.5) is 0 Å². The average Bonchev–Trinajstić information content (AvgIpc) is 3.95. The predicted octanol–water partition coefficient (Wildman–Crippen LogP) is 2.44. The van der Waals surface area contributed by atoms with Gasteiger partial charge in [0.25, 0.3) is 0 Å². The number of nitrogens with one attached hydrogen (secondary N) is 4. The van der Waals surface area contributed by atoms with Gasteiger partial charge in [0.2, 0.25) is 23.6 Å². The van der Waals surface area contributed by atoms with Gasteiger partial charge < -0.3 is 61.0 Å². The third-order valence-electron chi connectivity index (χ3n) is 10.9. The first kappa shape index (κ1) is 45.1. The van der Waals surface area contributed by atoms with Gasteiger partial charge in [-0.15, -0.1) is 0 Å². The number of methoxy groups -OCH3 is 4. The van der Waals surface area contributed by atoms with Gasteiger partial charge in [0.05, 0.1) is 28.4 Å². The Balaban J connectivity index is 1.37. The molecule has 0 spiro atoms. The second-order valence-corrected chi connectivity index (χ2v) is 14.6. The Labute approximate surface area is 336 Å². The normalized spacial score (nSPS) is 16.5. The van der Waals surface area contributed by atoms with E-state index < -0.39 is 35.1 Å². The van der Waals surface area contributed by atoms with Crippen molar-refractivity contribution in [2.45, 2.75) is 103 Å². The molecule has 0 bridgehead atoms. The Morgan fingerprint density at radius 2 is 0.965 bits per heavy atom. The van der Waals surface area contributed by atoms with Crippen LogP contribution in [0.1, 0.15) is 88.2 Å². The fourth-order valence-electron chi connectivity index (χ4n) is 7.53. The number of hydrogen-bond donors (Lipinski definition) is 6. The van der Waals surface area contributed by atoms with Crippen LogP contribution in [0, 0.1) is 10.8 Å². The van der Waals surface area contributed by atoms with E-state index in [0.29, 0.717) is 87.5 Å².